The van der Waals surface area contributed by atoms with Gasteiger partial charge in [0.05, 0.1) is 39.1 Å². The molecule has 7 aromatic rings. The predicted molar refractivity (Wildman–Crippen MR) is 233 cm³/mol. The van der Waals surface area contributed by atoms with Crippen LogP contribution in [0.5, 0.6) is 29.0 Å². The Balaban J connectivity index is 0.000000227. The number of rotatable bonds is 13. The average Bonchev–Trinajstić information content (AvgIpc) is 3.18. The van der Waals surface area contributed by atoms with Crippen molar-refractivity contribution < 1.29 is 19.0 Å². The van der Waals surface area contributed by atoms with Crippen molar-refractivity contribution in [1.29, 1.82) is 0 Å². The van der Waals surface area contributed by atoms with Crippen LogP contribution in [0.3, 0.4) is 0 Å². The first-order chi connectivity index (χ1) is 27.8. The Labute approximate surface area is 348 Å². The van der Waals surface area contributed by atoms with E-state index in [2.05, 4.69) is 38.7 Å². The molecule has 0 spiro atoms. The Morgan fingerprint density at radius 2 is 1.16 bits per heavy atom. The molecule has 2 heterocycles. The second-order valence-corrected chi connectivity index (χ2v) is 15.3. The first-order valence-electron chi connectivity index (χ1n) is 18.8. The van der Waals surface area contributed by atoms with Crippen LogP contribution in [-0.2, 0) is 17.6 Å². The van der Waals surface area contributed by atoms with Gasteiger partial charge in [0.2, 0.25) is 11.8 Å². The zero-order chi connectivity index (χ0) is 41.3. The van der Waals surface area contributed by atoms with Gasteiger partial charge < -0.3 is 24.8 Å². The summed E-state index contributed by atoms with van der Waals surface area (Å²) in [6.45, 7) is 9.85. The molecule has 0 saturated carbocycles. The molecule has 0 aliphatic carbocycles. The molecule has 0 unspecified atom stereocenters. The van der Waals surface area contributed by atoms with Gasteiger partial charge in [-0.1, -0.05) is 41.4 Å². The van der Waals surface area contributed by atoms with E-state index in [0.29, 0.717) is 52.0 Å². The van der Waals surface area contributed by atoms with Crippen molar-refractivity contribution in [1.82, 2.24) is 24.8 Å². The molecule has 5 aromatic carbocycles. The van der Waals surface area contributed by atoms with Gasteiger partial charge in [0.25, 0.3) is 0 Å². The summed E-state index contributed by atoms with van der Waals surface area (Å²) in [6.07, 6.45) is 4.53. The fourth-order valence-electron chi connectivity index (χ4n) is 6.05. The molecule has 7 rings (SSSR count). The smallest absolute Gasteiger partial charge is 0.230 e. The molecule has 0 aliphatic rings. The molecule has 2 N–H and O–H groups in total. The normalized spacial score (nSPS) is 11.1. The monoisotopic (exact) mass is 816 g/mol. The third kappa shape index (κ3) is 11.0. The summed E-state index contributed by atoms with van der Waals surface area (Å²) in [7, 11) is 4.09. The molecule has 0 bridgehead atoms. The van der Waals surface area contributed by atoms with Gasteiger partial charge in [0, 0.05) is 30.5 Å². The maximum atomic E-state index is 12.7. The van der Waals surface area contributed by atoms with Crippen molar-refractivity contribution >= 4 is 56.5 Å². The van der Waals surface area contributed by atoms with Crippen molar-refractivity contribution in [3.8, 4) is 29.0 Å². The fourth-order valence-corrected chi connectivity index (χ4v) is 6.46. The Morgan fingerprint density at radius 3 is 1.69 bits per heavy atom. The van der Waals surface area contributed by atoms with E-state index in [-0.39, 0.29) is 12.2 Å². The molecule has 0 radical (unpaired) electrons. The number of aromatic nitrogens is 4. The van der Waals surface area contributed by atoms with Crippen LogP contribution >= 0.6 is 23.2 Å². The number of anilines is 1. The number of hydrogen-bond acceptors (Lipinski definition) is 10. The van der Waals surface area contributed by atoms with E-state index in [1.807, 2.05) is 88.6 Å². The molecule has 10 nitrogen and oxygen atoms in total. The van der Waals surface area contributed by atoms with E-state index >= 15 is 0 Å². The lowest BCUT2D eigenvalue weighted by Gasteiger charge is -2.11. The topological polar surface area (TPSA) is 126 Å². The van der Waals surface area contributed by atoms with Crippen LogP contribution < -0.4 is 19.9 Å². The quantitative estimate of drug-likeness (QED) is 0.0888. The number of nitrogens with two attached hydrogens (primary N) is 1. The van der Waals surface area contributed by atoms with Gasteiger partial charge in [0.1, 0.15) is 35.7 Å². The number of nitrogen functional groups attached to an aromatic ring is 1. The van der Waals surface area contributed by atoms with Crippen LogP contribution in [0.1, 0.15) is 39.8 Å². The van der Waals surface area contributed by atoms with Crippen molar-refractivity contribution in [2.24, 2.45) is 0 Å². The van der Waals surface area contributed by atoms with Crippen LogP contribution in [-0.4, -0.2) is 57.9 Å². The summed E-state index contributed by atoms with van der Waals surface area (Å²) >= 11 is 12.5. The number of Topliss-reactive ketones (excluding diaryl/α,β-unsaturated/α-hetero) is 1. The van der Waals surface area contributed by atoms with Crippen LogP contribution in [0.15, 0.2) is 97.6 Å². The zero-order valence-electron chi connectivity index (χ0n) is 33.5. The van der Waals surface area contributed by atoms with Gasteiger partial charge >= 0.3 is 0 Å². The van der Waals surface area contributed by atoms with E-state index in [1.165, 1.54) is 18.2 Å². The zero-order valence-corrected chi connectivity index (χ0v) is 35.0. The lowest BCUT2D eigenvalue weighted by Crippen LogP contribution is -2.15. The minimum Gasteiger partial charge on any atom is -0.494 e. The summed E-state index contributed by atoms with van der Waals surface area (Å²) in [5, 5.41) is 2.65. The lowest BCUT2D eigenvalue weighted by atomic mass is 10.0. The van der Waals surface area contributed by atoms with E-state index in [4.69, 9.17) is 43.1 Å². The summed E-state index contributed by atoms with van der Waals surface area (Å²) in [6, 6.07) is 26.3. The summed E-state index contributed by atoms with van der Waals surface area (Å²) < 4.78 is 17.6. The van der Waals surface area contributed by atoms with Crippen molar-refractivity contribution in [3.05, 3.63) is 141 Å². The number of aryl methyl sites for hydroxylation is 4. The standard InChI is InChI=1S/C30H32ClN3O3.C16H14ClN3O/c1-20-14-27-29(15-21(20)2)32-19-33-30(27)37-26-11-8-23(28(31)18-26)17-24(35)16-22-6-9-25(10-7-22)36-13-5-12-34(3)4;1-9-5-12-15(6-10(9)2)19-8-20-16(12)21-11-3-4-14(18)13(17)7-11/h6-11,14-15,18-19H,5,12-13,16-17H2,1-4H3;3-8H,18H2,1-2H3. The third-order valence-corrected chi connectivity index (χ3v) is 10.3. The molecule has 0 amide bonds. The Morgan fingerprint density at radius 1 is 0.638 bits per heavy atom. The second-order valence-electron chi connectivity index (χ2n) is 14.4. The number of halogens is 2. The predicted octanol–water partition coefficient (Wildman–Crippen LogP) is 10.7. The SMILES string of the molecule is Cc1cc2ncnc(Oc3ccc(CC(=O)Cc4ccc(OCCCN(C)C)cc4)c(Cl)c3)c2cc1C.Cc1cc2ncnc(Oc3ccc(N)c(Cl)c3)c2cc1C. The van der Waals surface area contributed by atoms with E-state index < -0.39 is 0 Å². The average molecular weight is 818 g/mol. The van der Waals surface area contributed by atoms with E-state index in [1.54, 1.807) is 24.3 Å². The number of hydrogen-bond donors (Lipinski definition) is 1. The second kappa shape index (κ2) is 19.1. The highest BCUT2D eigenvalue weighted by atomic mass is 35.5. The number of carbonyl (C=O) groups is 1. The number of benzene rings is 5. The maximum Gasteiger partial charge on any atom is 0.230 e. The largest absolute Gasteiger partial charge is 0.494 e. The molecule has 0 fully saturated rings. The van der Waals surface area contributed by atoms with Crippen molar-refractivity contribution in [2.75, 3.05) is 33.0 Å². The third-order valence-electron chi connectivity index (χ3n) is 9.58. The van der Waals surface area contributed by atoms with Gasteiger partial charge in [-0.3, -0.25) is 4.79 Å². The van der Waals surface area contributed by atoms with Crippen LogP contribution in [0.25, 0.3) is 21.8 Å². The first-order valence-corrected chi connectivity index (χ1v) is 19.6. The summed E-state index contributed by atoms with van der Waals surface area (Å²) in [4.78, 5) is 32.0. The van der Waals surface area contributed by atoms with Crippen LogP contribution in [0, 0.1) is 27.7 Å². The molecule has 0 aliphatic heterocycles. The van der Waals surface area contributed by atoms with Gasteiger partial charge in [-0.2, -0.15) is 0 Å². The highest BCUT2D eigenvalue weighted by molar-refractivity contribution is 6.33. The van der Waals surface area contributed by atoms with Gasteiger partial charge in [-0.15, -0.1) is 0 Å². The lowest BCUT2D eigenvalue weighted by molar-refractivity contribution is -0.117. The van der Waals surface area contributed by atoms with E-state index in [0.717, 1.165) is 68.3 Å². The number of fused-ring (bicyclic) bond motifs is 2. The van der Waals surface area contributed by atoms with Gasteiger partial charge in [-0.25, -0.2) is 19.9 Å². The Kier molecular flexibility index (Phi) is 13.8. The molecule has 0 saturated heterocycles. The maximum absolute atomic E-state index is 12.7. The highest BCUT2D eigenvalue weighted by Crippen LogP contribution is 2.33. The molecule has 298 valence electrons. The van der Waals surface area contributed by atoms with Gasteiger partial charge in [0.15, 0.2) is 0 Å². The minimum atomic E-state index is 0.0860. The first kappa shape index (κ1) is 41.8. The van der Waals surface area contributed by atoms with Crippen LogP contribution in [0.4, 0.5) is 5.69 Å². The van der Waals surface area contributed by atoms with Crippen LogP contribution in [0.2, 0.25) is 10.0 Å². The van der Waals surface area contributed by atoms with Crippen molar-refractivity contribution in [2.45, 2.75) is 47.0 Å². The summed E-state index contributed by atoms with van der Waals surface area (Å²) in [5.74, 6) is 3.02. The fraction of sp³-hybridized carbons (Fsp3) is 0.239. The molecule has 2 aromatic heterocycles. The number of carbonyl (C=O) groups excluding carboxylic acids is 1. The van der Waals surface area contributed by atoms with Crippen molar-refractivity contribution in [3.63, 3.8) is 0 Å². The number of ketones is 1. The Hall–Kier alpha value is -5.81. The Bertz CT molecular complexity index is 2560. The minimum absolute atomic E-state index is 0.0860. The molecule has 12 heteroatoms. The number of nitrogens with zero attached hydrogens (tertiary/aromatic N) is 5. The van der Waals surface area contributed by atoms with Gasteiger partial charge in [-0.05, 0) is 142 Å². The van der Waals surface area contributed by atoms with E-state index in [9.17, 15) is 4.79 Å². The highest BCUT2D eigenvalue weighted by Gasteiger charge is 2.13. The molecular formula is C46H46Cl2N6O4. The number of ether oxygens (including phenoxy) is 3. The molecular weight excluding hydrogens is 771 g/mol. The molecule has 0 atom stereocenters. The summed E-state index contributed by atoms with van der Waals surface area (Å²) in [5.41, 5.74) is 14.2. The molecule has 58 heavy (non-hydrogen) atoms.